The van der Waals surface area contributed by atoms with Crippen LogP contribution in [0.4, 0.5) is 14.4 Å². The maximum Gasteiger partial charge on any atom is 0.408 e. The van der Waals surface area contributed by atoms with E-state index >= 15 is 0 Å². The lowest BCUT2D eigenvalue weighted by Gasteiger charge is -2.32. The standard InChI is InChI=1S/C38H61N7O10/c1-11-24(6)29(32(47)43-30(23(4)5)44-36(51)45-19-15-18-27(45)34(49)53-10)42-35(50)41-28(20-22(2)3)40-31(46)26(39-37(52)55-38(7,8)9)21-54-33(48)25-16-13-12-14-17-25/h12-14,16-17,22-24,26-30H,11,15,18-21H2,1-10H3,(H,39,52)(H,40,46)(H,43,47)(H,44,51)(H2,41,42,50)/t24-,26-,27-,28-,29-,30-/m0/s1. The number of hydrogen-bond donors (Lipinski definition) is 6. The summed E-state index contributed by atoms with van der Waals surface area (Å²) < 4.78 is 15.5. The number of alkyl carbamates (subject to hydrolysis) is 1. The predicted octanol–water partition coefficient (Wildman–Crippen LogP) is 3.38. The third kappa shape index (κ3) is 15.7. The van der Waals surface area contributed by atoms with E-state index in [1.54, 1.807) is 71.9 Å². The Labute approximate surface area is 324 Å². The van der Waals surface area contributed by atoms with Crippen LogP contribution in [0.5, 0.6) is 0 Å². The van der Waals surface area contributed by atoms with E-state index in [0.29, 0.717) is 25.8 Å². The quantitative estimate of drug-likeness (QED) is 0.0769. The second kappa shape index (κ2) is 21.7. The van der Waals surface area contributed by atoms with E-state index in [4.69, 9.17) is 14.2 Å². The van der Waals surface area contributed by atoms with Gasteiger partial charge in [-0.25, -0.2) is 24.0 Å². The number of ether oxygens (including phenoxy) is 3. The summed E-state index contributed by atoms with van der Waals surface area (Å²) in [6, 6.07) is 3.67. The molecule has 1 fully saturated rings. The van der Waals surface area contributed by atoms with Crippen LogP contribution in [0.1, 0.15) is 98.4 Å². The van der Waals surface area contributed by atoms with Gasteiger partial charge in [-0.1, -0.05) is 66.2 Å². The average molecular weight is 776 g/mol. The summed E-state index contributed by atoms with van der Waals surface area (Å²) in [5, 5.41) is 16.2. The van der Waals surface area contributed by atoms with Crippen LogP contribution >= 0.6 is 0 Å². The van der Waals surface area contributed by atoms with Crippen molar-refractivity contribution in [1.82, 2.24) is 36.8 Å². The van der Waals surface area contributed by atoms with Crippen molar-refractivity contribution in [3.8, 4) is 0 Å². The molecule has 2 rings (SSSR count). The number of rotatable bonds is 17. The molecule has 0 radical (unpaired) electrons. The molecule has 6 N–H and O–H groups in total. The minimum absolute atomic E-state index is 0.0303. The number of nitrogens with one attached hydrogen (secondary N) is 6. The summed E-state index contributed by atoms with van der Waals surface area (Å²) in [5.74, 6) is -3.20. The summed E-state index contributed by atoms with van der Waals surface area (Å²) in [5.41, 5.74) is -0.637. The van der Waals surface area contributed by atoms with Gasteiger partial charge in [0, 0.05) is 6.54 Å². The lowest BCUT2D eigenvalue weighted by molar-refractivity contribution is -0.145. The molecule has 0 spiro atoms. The fourth-order valence-corrected chi connectivity index (χ4v) is 5.61. The van der Waals surface area contributed by atoms with Crippen molar-refractivity contribution in [1.29, 1.82) is 0 Å². The van der Waals surface area contributed by atoms with Crippen molar-refractivity contribution in [2.75, 3.05) is 20.3 Å². The maximum atomic E-state index is 13.7. The van der Waals surface area contributed by atoms with Crippen LogP contribution in [0, 0.1) is 17.8 Å². The van der Waals surface area contributed by atoms with E-state index in [9.17, 15) is 33.6 Å². The van der Waals surface area contributed by atoms with E-state index in [-0.39, 0.29) is 29.7 Å². The number of hydrogen-bond acceptors (Lipinski definition) is 10. The molecule has 6 atom stereocenters. The van der Waals surface area contributed by atoms with Gasteiger partial charge in [0.1, 0.15) is 42.7 Å². The van der Waals surface area contributed by atoms with Crippen molar-refractivity contribution in [3.63, 3.8) is 0 Å². The SMILES string of the molecule is CC[C@H](C)[C@H](NC(=O)N[C@@H](CC(C)C)NC(=O)[C@H](COC(=O)c1ccccc1)NC(=O)OC(C)(C)C)C(=O)N[C@@H](NC(=O)N1CCC[C@H]1C(=O)OC)C(C)C. The summed E-state index contributed by atoms with van der Waals surface area (Å²) in [6.45, 7) is 15.8. The van der Waals surface area contributed by atoms with E-state index in [2.05, 4.69) is 31.9 Å². The second-order valence-corrected chi connectivity index (χ2v) is 15.4. The minimum atomic E-state index is -1.40. The molecule has 1 saturated heterocycles. The Hall–Kier alpha value is -5.09. The Bertz CT molecular complexity index is 1470. The molecule has 55 heavy (non-hydrogen) atoms. The molecule has 0 aromatic heterocycles. The smallest absolute Gasteiger partial charge is 0.408 e. The lowest BCUT2D eigenvalue weighted by atomic mass is 9.98. The molecule has 308 valence electrons. The molecule has 1 aromatic rings. The largest absolute Gasteiger partial charge is 0.467 e. The molecular weight excluding hydrogens is 714 g/mol. The van der Waals surface area contributed by atoms with Gasteiger partial charge in [0.2, 0.25) is 11.8 Å². The monoisotopic (exact) mass is 775 g/mol. The van der Waals surface area contributed by atoms with Gasteiger partial charge in [0.15, 0.2) is 0 Å². The summed E-state index contributed by atoms with van der Waals surface area (Å²) >= 11 is 0. The number of likely N-dealkylation sites (tertiary alicyclic amines) is 1. The fourth-order valence-electron chi connectivity index (χ4n) is 5.61. The van der Waals surface area contributed by atoms with Crippen LogP contribution in [0.15, 0.2) is 30.3 Å². The molecular formula is C38H61N7O10. The van der Waals surface area contributed by atoms with Crippen LogP contribution in [0.3, 0.4) is 0 Å². The predicted molar refractivity (Wildman–Crippen MR) is 203 cm³/mol. The molecule has 1 aromatic carbocycles. The van der Waals surface area contributed by atoms with E-state index in [0.717, 1.165) is 0 Å². The zero-order valence-corrected chi connectivity index (χ0v) is 33.8. The highest BCUT2D eigenvalue weighted by Crippen LogP contribution is 2.19. The van der Waals surface area contributed by atoms with Gasteiger partial charge in [-0.05, 0) is 69.9 Å². The maximum absolute atomic E-state index is 13.7. The Morgan fingerprint density at radius 1 is 0.855 bits per heavy atom. The fraction of sp³-hybridized carbons (Fsp3) is 0.658. The molecule has 1 aliphatic heterocycles. The third-order valence-corrected chi connectivity index (χ3v) is 8.74. The minimum Gasteiger partial charge on any atom is -0.467 e. The van der Waals surface area contributed by atoms with Crippen molar-refractivity contribution < 1.29 is 47.8 Å². The molecule has 0 unspecified atom stereocenters. The first kappa shape index (κ1) is 46.1. The Kier molecular flexibility index (Phi) is 18.2. The summed E-state index contributed by atoms with van der Waals surface area (Å²) in [7, 11) is 1.26. The van der Waals surface area contributed by atoms with Gasteiger partial charge in [-0.3, -0.25) is 9.59 Å². The molecule has 1 heterocycles. The highest BCUT2D eigenvalue weighted by Gasteiger charge is 2.37. The number of benzene rings is 1. The first-order chi connectivity index (χ1) is 25.8. The number of methoxy groups -OCH3 is 1. The van der Waals surface area contributed by atoms with Gasteiger partial charge in [-0.15, -0.1) is 0 Å². The summed E-state index contributed by atoms with van der Waals surface area (Å²) in [6.07, 6.45) is -0.877. The molecule has 7 amide bonds. The Morgan fingerprint density at radius 3 is 2.07 bits per heavy atom. The van der Waals surface area contributed by atoms with Crippen molar-refractivity contribution in [3.05, 3.63) is 35.9 Å². The number of urea groups is 2. The molecule has 0 bridgehead atoms. The first-order valence-electron chi connectivity index (χ1n) is 18.8. The van der Waals surface area contributed by atoms with Gasteiger partial charge in [0.25, 0.3) is 0 Å². The van der Waals surface area contributed by atoms with E-state index in [1.807, 2.05) is 20.8 Å². The topological polar surface area (TPSA) is 223 Å². The molecule has 17 heteroatoms. The van der Waals surface area contributed by atoms with Crippen molar-refractivity contribution in [2.24, 2.45) is 17.8 Å². The van der Waals surface area contributed by atoms with E-state index < -0.39 is 84.6 Å². The van der Waals surface area contributed by atoms with Crippen LogP contribution in [0.25, 0.3) is 0 Å². The van der Waals surface area contributed by atoms with Crippen LogP contribution < -0.4 is 31.9 Å². The van der Waals surface area contributed by atoms with Gasteiger partial charge in [-0.2, -0.15) is 0 Å². The highest BCUT2D eigenvalue weighted by atomic mass is 16.6. The Balaban J connectivity index is 2.19. The molecule has 1 aliphatic rings. The number of carbonyl (C=O) groups is 7. The average Bonchev–Trinajstić information content (AvgIpc) is 3.61. The summed E-state index contributed by atoms with van der Waals surface area (Å²) in [4.78, 5) is 93.0. The number of esters is 2. The molecule has 0 aliphatic carbocycles. The van der Waals surface area contributed by atoms with Crippen molar-refractivity contribution in [2.45, 2.75) is 124 Å². The number of carbonyl (C=O) groups excluding carboxylic acids is 7. The van der Waals surface area contributed by atoms with Gasteiger partial charge in [0.05, 0.1) is 12.7 Å². The molecule has 0 saturated carbocycles. The van der Waals surface area contributed by atoms with Crippen LogP contribution in [0.2, 0.25) is 0 Å². The highest BCUT2D eigenvalue weighted by molar-refractivity contribution is 5.91. The zero-order valence-electron chi connectivity index (χ0n) is 33.8. The van der Waals surface area contributed by atoms with Gasteiger partial charge < -0.3 is 51.0 Å². The lowest BCUT2D eigenvalue weighted by Crippen LogP contribution is -2.62. The van der Waals surface area contributed by atoms with E-state index in [1.165, 1.54) is 12.0 Å². The second-order valence-electron chi connectivity index (χ2n) is 15.4. The number of amides is 7. The van der Waals surface area contributed by atoms with Crippen molar-refractivity contribution >= 4 is 41.9 Å². The third-order valence-electron chi connectivity index (χ3n) is 8.74. The van der Waals surface area contributed by atoms with Crippen LogP contribution in [-0.4, -0.2) is 103 Å². The normalized spacial score (nSPS) is 16.8. The van der Waals surface area contributed by atoms with Crippen LogP contribution in [-0.2, 0) is 28.6 Å². The Morgan fingerprint density at radius 2 is 1.51 bits per heavy atom. The number of nitrogens with zero attached hydrogens (tertiary/aromatic N) is 1. The zero-order chi connectivity index (χ0) is 41.5. The first-order valence-corrected chi connectivity index (χ1v) is 18.8. The van der Waals surface area contributed by atoms with Gasteiger partial charge >= 0.3 is 30.1 Å². The molecule has 17 nitrogen and oxygen atoms in total.